The number of aromatic nitrogens is 5. The zero-order valence-corrected chi connectivity index (χ0v) is 13.5. The van der Waals surface area contributed by atoms with Gasteiger partial charge in [0.05, 0.1) is 6.54 Å². The third-order valence-corrected chi connectivity index (χ3v) is 4.24. The average Bonchev–Trinajstić information content (AvgIpc) is 3.06. The fraction of sp³-hybridized carbons (Fsp3) is 0.267. The first kappa shape index (κ1) is 14.8. The summed E-state index contributed by atoms with van der Waals surface area (Å²) < 4.78 is 1.36. The summed E-state index contributed by atoms with van der Waals surface area (Å²) in [7, 11) is 0. The Balaban J connectivity index is 1.45. The van der Waals surface area contributed by atoms with Gasteiger partial charge in [-0.05, 0) is 40.3 Å². The molecule has 0 radical (unpaired) electrons. The van der Waals surface area contributed by atoms with Crippen molar-refractivity contribution in [2.45, 2.75) is 6.54 Å². The van der Waals surface area contributed by atoms with Gasteiger partial charge in [-0.3, -0.25) is 4.79 Å². The summed E-state index contributed by atoms with van der Waals surface area (Å²) in [5.41, 5.74) is 1.64. The van der Waals surface area contributed by atoms with Crippen molar-refractivity contribution in [3.63, 3.8) is 0 Å². The Hall–Kier alpha value is -2.74. The predicted octanol–water partition coefficient (Wildman–Crippen LogP) is 1.02. The minimum absolute atomic E-state index is 0.0646. The number of piperazine rings is 1. The van der Waals surface area contributed by atoms with Crippen molar-refractivity contribution in [1.82, 2.24) is 30.2 Å². The van der Waals surface area contributed by atoms with Crippen LogP contribution in [0.15, 0.2) is 36.4 Å². The number of nitrogens with zero attached hydrogens (tertiary/aromatic N) is 7. The van der Waals surface area contributed by atoms with Crippen LogP contribution in [0.3, 0.4) is 0 Å². The minimum atomic E-state index is 0.0646. The molecule has 0 N–H and O–H groups in total. The maximum atomic E-state index is 12.4. The SMILES string of the molecule is O=C1CN(c2ccc3nnnn3n2)CCN1Cc1ccc(Cl)cc1. The molecule has 0 unspecified atom stereocenters. The van der Waals surface area contributed by atoms with Crippen molar-refractivity contribution in [2.75, 3.05) is 24.5 Å². The molecule has 1 amide bonds. The first-order valence-electron chi connectivity index (χ1n) is 7.52. The summed E-state index contributed by atoms with van der Waals surface area (Å²) in [4.78, 5) is 16.2. The van der Waals surface area contributed by atoms with Crippen LogP contribution in [0.4, 0.5) is 5.82 Å². The highest BCUT2D eigenvalue weighted by Gasteiger charge is 2.25. The summed E-state index contributed by atoms with van der Waals surface area (Å²) in [6.45, 7) is 2.22. The molecule has 8 nitrogen and oxygen atoms in total. The normalized spacial score (nSPS) is 15.3. The number of anilines is 1. The van der Waals surface area contributed by atoms with E-state index >= 15 is 0 Å². The number of carbonyl (C=O) groups excluding carboxylic acids is 1. The van der Waals surface area contributed by atoms with Crippen LogP contribution >= 0.6 is 11.6 Å². The summed E-state index contributed by atoms with van der Waals surface area (Å²) in [6, 6.07) is 11.2. The molecule has 0 atom stereocenters. The number of rotatable bonds is 3. The van der Waals surface area contributed by atoms with Gasteiger partial charge in [0, 0.05) is 24.7 Å². The Bertz CT molecular complexity index is 879. The summed E-state index contributed by atoms with van der Waals surface area (Å²) in [5.74, 6) is 0.754. The van der Waals surface area contributed by atoms with Gasteiger partial charge in [-0.15, -0.1) is 14.8 Å². The molecular formula is C15H14ClN7O. The van der Waals surface area contributed by atoms with Gasteiger partial charge in [-0.2, -0.15) is 0 Å². The molecule has 2 aromatic heterocycles. The van der Waals surface area contributed by atoms with E-state index in [9.17, 15) is 4.79 Å². The van der Waals surface area contributed by atoms with E-state index < -0.39 is 0 Å². The van der Waals surface area contributed by atoms with E-state index in [0.717, 1.165) is 5.56 Å². The second-order valence-electron chi connectivity index (χ2n) is 5.58. The van der Waals surface area contributed by atoms with Crippen LogP contribution in [0, 0.1) is 0 Å². The summed E-state index contributed by atoms with van der Waals surface area (Å²) in [5, 5.41) is 16.2. The van der Waals surface area contributed by atoms with Crippen LogP contribution in [0.25, 0.3) is 5.65 Å². The van der Waals surface area contributed by atoms with Gasteiger partial charge in [0.15, 0.2) is 11.5 Å². The summed E-state index contributed by atoms with van der Waals surface area (Å²) >= 11 is 5.89. The Morgan fingerprint density at radius 1 is 1.08 bits per heavy atom. The molecule has 1 aromatic carbocycles. The van der Waals surface area contributed by atoms with E-state index in [2.05, 4.69) is 20.6 Å². The molecule has 24 heavy (non-hydrogen) atoms. The van der Waals surface area contributed by atoms with Crippen LogP contribution in [0.1, 0.15) is 5.56 Å². The highest BCUT2D eigenvalue weighted by atomic mass is 35.5. The standard InChI is InChI=1S/C15H14ClN7O/c16-12-3-1-11(2-4-12)9-22-8-7-21(10-15(22)24)14-6-5-13-17-19-20-23(13)18-14/h1-6H,7-10H2. The quantitative estimate of drug-likeness (QED) is 0.706. The summed E-state index contributed by atoms with van der Waals surface area (Å²) in [6.07, 6.45) is 0. The van der Waals surface area contributed by atoms with Crippen molar-refractivity contribution in [2.24, 2.45) is 0 Å². The lowest BCUT2D eigenvalue weighted by molar-refractivity contribution is -0.131. The number of fused-ring (bicyclic) bond motifs is 1. The minimum Gasteiger partial charge on any atom is -0.344 e. The first-order valence-corrected chi connectivity index (χ1v) is 7.89. The van der Waals surface area contributed by atoms with E-state index in [4.69, 9.17) is 11.6 Å². The Labute approximate surface area is 142 Å². The maximum absolute atomic E-state index is 12.4. The smallest absolute Gasteiger partial charge is 0.242 e. The molecule has 9 heteroatoms. The molecule has 1 fully saturated rings. The fourth-order valence-corrected chi connectivity index (χ4v) is 2.82. The molecule has 122 valence electrons. The van der Waals surface area contributed by atoms with Crippen LogP contribution in [-0.4, -0.2) is 55.7 Å². The Kier molecular flexibility index (Phi) is 3.73. The monoisotopic (exact) mass is 343 g/mol. The maximum Gasteiger partial charge on any atom is 0.242 e. The first-order chi connectivity index (χ1) is 11.7. The number of amides is 1. The zero-order chi connectivity index (χ0) is 16.5. The van der Waals surface area contributed by atoms with Gasteiger partial charge in [0.2, 0.25) is 5.91 Å². The lowest BCUT2D eigenvalue weighted by Crippen LogP contribution is -2.50. The van der Waals surface area contributed by atoms with Crippen molar-refractivity contribution in [1.29, 1.82) is 0 Å². The topological polar surface area (TPSA) is 79.5 Å². The highest BCUT2D eigenvalue weighted by molar-refractivity contribution is 6.30. The second kappa shape index (κ2) is 6.04. The molecule has 0 aliphatic carbocycles. The van der Waals surface area contributed by atoms with Crippen LogP contribution in [0.5, 0.6) is 0 Å². The largest absolute Gasteiger partial charge is 0.344 e. The number of hydrogen-bond acceptors (Lipinski definition) is 6. The molecule has 0 bridgehead atoms. The van der Waals surface area contributed by atoms with Crippen molar-refractivity contribution < 1.29 is 4.79 Å². The third kappa shape index (κ3) is 2.88. The molecule has 1 saturated heterocycles. The van der Waals surface area contributed by atoms with Crippen LogP contribution in [-0.2, 0) is 11.3 Å². The lowest BCUT2D eigenvalue weighted by Gasteiger charge is -2.34. The predicted molar refractivity (Wildman–Crippen MR) is 87.7 cm³/mol. The molecule has 0 saturated carbocycles. The van der Waals surface area contributed by atoms with Gasteiger partial charge < -0.3 is 9.80 Å². The number of benzene rings is 1. The fourth-order valence-electron chi connectivity index (χ4n) is 2.69. The molecule has 3 aromatic rings. The van der Waals surface area contributed by atoms with Crippen molar-refractivity contribution in [3.8, 4) is 0 Å². The number of halogens is 1. The molecule has 1 aliphatic rings. The Morgan fingerprint density at radius 3 is 2.71 bits per heavy atom. The van der Waals surface area contributed by atoms with E-state index in [1.54, 1.807) is 6.07 Å². The van der Waals surface area contributed by atoms with Gasteiger partial charge in [0.1, 0.15) is 0 Å². The van der Waals surface area contributed by atoms with Gasteiger partial charge >= 0.3 is 0 Å². The van der Waals surface area contributed by atoms with E-state index in [0.29, 0.717) is 36.1 Å². The molecule has 4 rings (SSSR count). The van der Waals surface area contributed by atoms with E-state index in [1.165, 1.54) is 4.63 Å². The van der Waals surface area contributed by atoms with Gasteiger partial charge in [0.25, 0.3) is 0 Å². The molecular weight excluding hydrogens is 330 g/mol. The molecule has 0 spiro atoms. The highest BCUT2D eigenvalue weighted by Crippen LogP contribution is 2.17. The third-order valence-electron chi connectivity index (χ3n) is 3.98. The Morgan fingerprint density at radius 2 is 1.92 bits per heavy atom. The number of hydrogen-bond donors (Lipinski definition) is 0. The second-order valence-corrected chi connectivity index (χ2v) is 6.02. The molecule has 3 heterocycles. The number of tetrazole rings is 1. The van der Waals surface area contributed by atoms with E-state index in [-0.39, 0.29) is 12.5 Å². The average molecular weight is 344 g/mol. The lowest BCUT2D eigenvalue weighted by atomic mass is 10.2. The van der Waals surface area contributed by atoms with Gasteiger partial charge in [-0.1, -0.05) is 23.7 Å². The van der Waals surface area contributed by atoms with Crippen molar-refractivity contribution >= 4 is 29.0 Å². The van der Waals surface area contributed by atoms with E-state index in [1.807, 2.05) is 40.1 Å². The number of carbonyl (C=O) groups is 1. The van der Waals surface area contributed by atoms with Crippen molar-refractivity contribution in [3.05, 3.63) is 47.0 Å². The van der Waals surface area contributed by atoms with Gasteiger partial charge in [-0.25, -0.2) is 0 Å². The zero-order valence-electron chi connectivity index (χ0n) is 12.7. The molecule has 1 aliphatic heterocycles. The van der Waals surface area contributed by atoms with Crippen LogP contribution in [0.2, 0.25) is 5.02 Å². The van der Waals surface area contributed by atoms with Crippen LogP contribution < -0.4 is 4.90 Å².